The van der Waals surface area contributed by atoms with Crippen LogP contribution in [-0.2, 0) is 4.74 Å². The van der Waals surface area contributed by atoms with Crippen LogP contribution in [-0.4, -0.2) is 19.8 Å². The molecule has 1 saturated carbocycles. The molecule has 3 nitrogen and oxygen atoms in total. The molecule has 1 aliphatic rings. The summed E-state index contributed by atoms with van der Waals surface area (Å²) in [5.74, 6) is 1.79. The summed E-state index contributed by atoms with van der Waals surface area (Å²) in [6.07, 6.45) is 8.63. The Morgan fingerprint density at radius 1 is 1.39 bits per heavy atom. The monoisotopic (exact) mass is 251 g/mol. The molecule has 1 N–H and O–H groups in total. The largest absolute Gasteiger partial charge is 0.468 e. The van der Waals surface area contributed by atoms with Crippen molar-refractivity contribution in [3.63, 3.8) is 0 Å². The first-order valence-electron chi connectivity index (χ1n) is 7.21. The van der Waals surface area contributed by atoms with Crippen LogP contribution in [0, 0.1) is 5.92 Å². The molecule has 18 heavy (non-hydrogen) atoms. The summed E-state index contributed by atoms with van der Waals surface area (Å²) in [5.41, 5.74) is 0. The van der Waals surface area contributed by atoms with E-state index in [4.69, 9.17) is 9.15 Å². The van der Waals surface area contributed by atoms with Crippen LogP contribution in [0.1, 0.15) is 50.8 Å². The van der Waals surface area contributed by atoms with Gasteiger partial charge in [-0.2, -0.15) is 0 Å². The fourth-order valence-electron chi connectivity index (χ4n) is 2.59. The van der Waals surface area contributed by atoms with E-state index < -0.39 is 0 Å². The summed E-state index contributed by atoms with van der Waals surface area (Å²) in [6, 6.07) is 4.19. The Labute approximate surface area is 110 Å². The van der Waals surface area contributed by atoms with Crippen LogP contribution in [0.25, 0.3) is 0 Å². The first-order chi connectivity index (χ1) is 8.86. The smallest absolute Gasteiger partial charge is 0.120 e. The van der Waals surface area contributed by atoms with E-state index in [0.717, 1.165) is 31.4 Å². The molecule has 0 amide bonds. The van der Waals surface area contributed by atoms with E-state index in [1.165, 1.54) is 32.1 Å². The third kappa shape index (κ3) is 4.46. The summed E-state index contributed by atoms with van der Waals surface area (Å²) < 4.78 is 11.1. The van der Waals surface area contributed by atoms with Crippen LogP contribution in [0.5, 0.6) is 0 Å². The third-order valence-electron chi connectivity index (χ3n) is 3.75. The van der Waals surface area contributed by atoms with Gasteiger partial charge in [-0.1, -0.05) is 19.3 Å². The highest BCUT2D eigenvalue weighted by molar-refractivity contribution is 5.02. The van der Waals surface area contributed by atoms with Gasteiger partial charge in [0, 0.05) is 13.2 Å². The van der Waals surface area contributed by atoms with Crippen LogP contribution in [0.4, 0.5) is 0 Å². The lowest BCUT2D eigenvalue weighted by atomic mass is 9.90. The minimum Gasteiger partial charge on any atom is -0.468 e. The van der Waals surface area contributed by atoms with Crippen LogP contribution in [0.15, 0.2) is 22.8 Å². The van der Waals surface area contributed by atoms with E-state index in [1.54, 1.807) is 6.26 Å². The highest BCUT2D eigenvalue weighted by atomic mass is 16.5. The van der Waals surface area contributed by atoms with Crippen molar-refractivity contribution in [2.24, 2.45) is 5.92 Å². The second-order valence-corrected chi connectivity index (χ2v) is 5.27. The van der Waals surface area contributed by atoms with Crippen LogP contribution >= 0.6 is 0 Å². The highest BCUT2D eigenvalue weighted by Crippen LogP contribution is 2.23. The maximum atomic E-state index is 5.75. The third-order valence-corrected chi connectivity index (χ3v) is 3.75. The van der Waals surface area contributed by atoms with Crippen molar-refractivity contribution >= 4 is 0 Å². The van der Waals surface area contributed by atoms with Gasteiger partial charge in [0.1, 0.15) is 5.76 Å². The Bertz CT molecular complexity index is 304. The number of hydrogen-bond donors (Lipinski definition) is 1. The van der Waals surface area contributed by atoms with Gasteiger partial charge in [-0.25, -0.2) is 0 Å². The Kier molecular flexibility index (Phi) is 5.75. The highest BCUT2D eigenvalue weighted by Gasteiger charge is 2.13. The lowest BCUT2D eigenvalue weighted by Crippen LogP contribution is -2.24. The molecule has 1 fully saturated rings. The molecule has 0 spiro atoms. The van der Waals surface area contributed by atoms with Gasteiger partial charge in [-0.3, -0.25) is 0 Å². The molecule has 1 aromatic rings. The maximum Gasteiger partial charge on any atom is 0.120 e. The van der Waals surface area contributed by atoms with Gasteiger partial charge in [-0.05, 0) is 37.8 Å². The zero-order valence-corrected chi connectivity index (χ0v) is 11.4. The quantitative estimate of drug-likeness (QED) is 0.753. The number of ether oxygens (including phenoxy) is 1. The Morgan fingerprint density at radius 2 is 2.22 bits per heavy atom. The summed E-state index contributed by atoms with van der Waals surface area (Å²) in [4.78, 5) is 0. The van der Waals surface area contributed by atoms with E-state index in [-0.39, 0.29) is 6.04 Å². The van der Waals surface area contributed by atoms with Crippen LogP contribution in [0.2, 0.25) is 0 Å². The fourth-order valence-corrected chi connectivity index (χ4v) is 2.59. The average molecular weight is 251 g/mol. The average Bonchev–Trinajstić information content (AvgIpc) is 2.93. The van der Waals surface area contributed by atoms with Crippen molar-refractivity contribution < 1.29 is 9.15 Å². The molecule has 1 aliphatic carbocycles. The van der Waals surface area contributed by atoms with Gasteiger partial charge in [0.2, 0.25) is 0 Å². The first kappa shape index (κ1) is 13.6. The predicted molar refractivity (Wildman–Crippen MR) is 72.5 cm³/mol. The van der Waals surface area contributed by atoms with Crippen molar-refractivity contribution in [2.45, 2.75) is 45.1 Å². The minimum atomic E-state index is 0.262. The van der Waals surface area contributed by atoms with Crippen molar-refractivity contribution in [3.05, 3.63) is 24.2 Å². The first-order valence-corrected chi connectivity index (χ1v) is 7.21. The molecule has 0 aliphatic heterocycles. The normalized spacial score (nSPS) is 18.9. The van der Waals surface area contributed by atoms with E-state index >= 15 is 0 Å². The Morgan fingerprint density at radius 3 is 2.94 bits per heavy atom. The molecule has 0 radical (unpaired) electrons. The van der Waals surface area contributed by atoms with Gasteiger partial charge in [0.25, 0.3) is 0 Å². The van der Waals surface area contributed by atoms with Gasteiger partial charge in [0.15, 0.2) is 0 Å². The lowest BCUT2D eigenvalue weighted by molar-refractivity contribution is 0.0855. The topological polar surface area (TPSA) is 34.4 Å². The molecule has 102 valence electrons. The molecule has 1 aromatic heterocycles. The van der Waals surface area contributed by atoms with E-state index in [1.807, 2.05) is 12.1 Å². The molecule has 3 heteroatoms. The van der Waals surface area contributed by atoms with Gasteiger partial charge in [-0.15, -0.1) is 0 Å². The molecule has 0 bridgehead atoms. The predicted octanol–water partition coefficient (Wildman–Crippen LogP) is 3.53. The number of hydrogen-bond acceptors (Lipinski definition) is 3. The standard InChI is InChI=1S/C15H25NO2/c1-13(15-8-5-10-18-15)16-9-11-17-12-14-6-3-2-4-7-14/h5,8,10,13-14,16H,2-4,6-7,9,11-12H2,1H3. The SMILES string of the molecule is CC(NCCOCC1CCCCC1)c1ccco1. The Balaban J connectivity index is 1.50. The van der Waals surface area contributed by atoms with Gasteiger partial charge in [0.05, 0.1) is 18.9 Å². The molecule has 0 saturated heterocycles. The number of rotatable bonds is 7. The maximum absolute atomic E-state index is 5.75. The summed E-state index contributed by atoms with van der Waals surface area (Å²) in [7, 11) is 0. The van der Waals surface area contributed by atoms with E-state index in [2.05, 4.69) is 12.2 Å². The zero-order chi connectivity index (χ0) is 12.6. The minimum absolute atomic E-state index is 0.262. The van der Waals surface area contributed by atoms with Crippen molar-refractivity contribution in [2.75, 3.05) is 19.8 Å². The molecule has 0 aromatic carbocycles. The molecule has 2 rings (SSSR count). The number of furan rings is 1. The lowest BCUT2D eigenvalue weighted by Gasteiger charge is -2.21. The molecular weight excluding hydrogens is 226 g/mol. The molecule has 1 atom stereocenters. The molecule has 1 heterocycles. The van der Waals surface area contributed by atoms with Crippen molar-refractivity contribution in [3.8, 4) is 0 Å². The Hall–Kier alpha value is -0.800. The summed E-state index contributed by atoms with van der Waals surface area (Å²) in [5, 5.41) is 3.40. The van der Waals surface area contributed by atoms with Gasteiger partial charge < -0.3 is 14.5 Å². The fraction of sp³-hybridized carbons (Fsp3) is 0.733. The zero-order valence-electron chi connectivity index (χ0n) is 11.4. The van der Waals surface area contributed by atoms with E-state index in [0.29, 0.717) is 0 Å². The van der Waals surface area contributed by atoms with Crippen molar-refractivity contribution in [1.82, 2.24) is 5.32 Å². The molecule has 1 unspecified atom stereocenters. The number of nitrogens with one attached hydrogen (secondary N) is 1. The van der Waals surface area contributed by atoms with Crippen LogP contribution in [0.3, 0.4) is 0 Å². The molecular formula is C15H25NO2. The second-order valence-electron chi connectivity index (χ2n) is 5.27. The van der Waals surface area contributed by atoms with Crippen molar-refractivity contribution in [1.29, 1.82) is 0 Å². The second kappa shape index (κ2) is 7.59. The summed E-state index contributed by atoms with van der Waals surface area (Å²) >= 11 is 0. The van der Waals surface area contributed by atoms with Crippen LogP contribution < -0.4 is 5.32 Å². The summed E-state index contributed by atoms with van der Waals surface area (Å²) in [6.45, 7) is 4.73. The van der Waals surface area contributed by atoms with Gasteiger partial charge >= 0.3 is 0 Å². The van der Waals surface area contributed by atoms with E-state index in [9.17, 15) is 0 Å².